The number of nitrogens with zero attached hydrogens (tertiary/aromatic N) is 1. The Morgan fingerprint density at radius 3 is 2.06 bits per heavy atom. The maximum absolute atomic E-state index is 5.89. The van der Waals surface area contributed by atoms with E-state index in [1.165, 1.54) is 18.5 Å². The van der Waals surface area contributed by atoms with Crippen LogP contribution in [-0.2, 0) is 0 Å². The highest BCUT2D eigenvalue weighted by Gasteiger charge is 2.31. The Morgan fingerprint density at radius 2 is 1.53 bits per heavy atom. The highest BCUT2D eigenvalue weighted by Crippen LogP contribution is 2.25. The van der Waals surface area contributed by atoms with E-state index in [0.29, 0.717) is 12.1 Å². The third-order valence-electron chi connectivity index (χ3n) is 3.41. The van der Waals surface area contributed by atoms with Crippen LogP contribution in [0.4, 0.5) is 5.69 Å². The Kier molecular flexibility index (Phi) is 5.39. The molecule has 2 heterocycles. The maximum atomic E-state index is 5.89. The van der Waals surface area contributed by atoms with Gasteiger partial charge in [0.25, 0.3) is 0 Å². The zero-order valence-corrected chi connectivity index (χ0v) is 11.8. The van der Waals surface area contributed by atoms with Gasteiger partial charge in [-0.05, 0) is 37.1 Å². The molecule has 2 saturated heterocycles. The minimum absolute atomic E-state index is 0. The van der Waals surface area contributed by atoms with Gasteiger partial charge in [0.15, 0.2) is 0 Å². The van der Waals surface area contributed by atoms with Crippen molar-refractivity contribution in [3.05, 3.63) is 29.3 Å². The van der Waals surface area contributed by atoms with Crippen molar-refractivity contribution in [2.24, 2.45) is 0 Å². The SMILES string of the molecule is Cl.Cl.Clc1ccc(N2CC3CCC(C2)N3)cc1. The molecular formula is C12H17Cl3N2. The van der Waals surface area contributed by atoms with Gasteiger partial charge in [-0.25, -0.2) is 0 Å². The second-order valence-corrected chi connectivity index (χ2v) is 4.96. The van der Waals surface area contributed by atoms with Gasteiger partial charge >= 0.3 is 0 Å². The monoisotopic (exact) mass is 294 g/mol. The number of benzene rings is 1. The van der Waals surface area contributed by atoms with Crippen LogP contribution in [0, 0.1) is 0 Å². The lowest BCUT2D eigenvalue weighted by atomic mass is 10.2. The minimum atomic E-state index is 0. The predicted molar refractivity (Wildman–Crippen MR) is 78.1 cm³/mol. The first-order valence-corrected chi connectivity index (χ1v) is 5.95. The summed E-state index contributed by atoms with van der Waals surface area (Å²) >= 11 is 5.89. The molecule has 96 valence electrons. The zero-order chi connectivity index (χ0) is 10.3. The van der Waals surface area contributed by atoms with Gasteiger partial charge in [0.2, 0.25) is 0 Å². The van der Waals surface area contributed by atoms with E-state index in [1.807, 2.05) is 12.1 Å². The molecule has 2 aliphatic heterocycles. The molecule has 2 aliphatic rings. The molecule has 3 rings (SSSR count). The van der Waals surface area contributed by atoms with Crippen LogP contribution >= 0.6 is 36.4 Å². The molecule has 0 radical (unpaired) electrons. The number of nitrogens with one attached hydrogen (secondary N) is 1. The first-order chi connectivity index (χ1) is 7.31. The summed E-state index contributed by atoms with van der Waals surface area (Å²) in [6.45, 7) is 2.27. The average Bonchev–Trinajstić information content (AvgIpc) is 2.59. The van der Waals surface area contributed by atoms with Crippen molar-refractivity contribution in [2.75, 3.05) is 18.0 Å². The third kappa shape index (κ3) is 3.19. The fourth-order valence-electron chi connectivity index (χ4n) is 2.66. The topological polar surface area (TPSA) is 15.3 Å². The van der Waals surface area contributed by atoms with Gasteiger partial charge in [0.05, 0.1) is 0 Å². The van der Waals surface area contributed by atoms with E-state index in [4.69, 9.17) is 11.6 Å². The van der Waals surface area contributed by atoms with E-state index in [2.05, 4.69) is 22.3 Å². The van der Waals surface area contributed by atoms with Gasteiger partial charge in [-0.2, -0.15) is 0 Å². The van der Waals surface area contributed by atoms with E-state index in [9.17, 15) is 0 Å². The van der Waals surface area contributed by atoms with Crippen LogP contribution in [0.15, 0.2) is 24.3 Å². The highest BCUT2D eigenvalue weighted by molar-refractivity contribution is 6.30. The molecular weight excluding hydrogens is 279 g/mol. The van der Waals surface area contributed by atoms with Gasteiger partial charge in [0.1, 0.15) is 0 Å². The molecule has 1 aromatic rings. The summed E-state index contributed by atoms with van der Waals surface area (Å²) in [5.41, 5.74) is 1.30. The molecule has 0 aromatic heterocycles. The number of halogens is 3. The van der Waals surface area contributed by atoms with Crippen molar-refractivity contribution in [3.63, 3.8) is 0 Å². The summed E-state index contributed by atoms with van der Waals surface area (Å²) < 4.78 is 0. The molecule has 2 nitrogen and oxygen atoms in total. The van der Waals surface area contributed by atoms with Gasteiger partial charge < -0.3 is 10.2 Å². The summed E-state index contributed by atoms with van der Waals surface area (Å²) in [6, 6.07) is 9.57. The van der Waals surface area contributed by atoms with Crippen LogP contribution in [-0.4, -0.2) is 25.2 Å². The second kappa shape index (κ2) is 6.14. The van der Waals surface area contributed by atoms with Gasteiger partial charge in [-0.15, -0.1) is 24.8 Å². The van der Waals surface area contributed by atoms with Crippen molar-refractivity contribution >= 4 is 42.1 Å². The number of fused-ring (bicyclic) bond motifs is 2. The Hall–Kier alpha value is -0.150. The summed E-state index contributed by atoms with van der Waals surface area (Å²) in [4.78, 5) is 2.47. The van der Waals surface area contributed by atoms with Crippen LogP contribution in [0.25, 0.3) is 0 Å². The first kappa shape index (κ1) is 14.9. The Balaban J connectivity index is 0.000000722. The van der Waals surface area contributed by atoms with Crippen molar-refractivity contribution in [1.29, 1.82) is 0 Å². The largest absolute Gasteiger partial charge is 0.368 e. The average molecular weight is 296 g/mol. The van der Waals surface area contributed by atoms with Crippen LogP contribution < -0.4 is 10.2 Å². The lowest BCUT2D eigenvalue weighted by molar-refractivity contribution is 0.466. The number of rotatable bonds is 1. The molecule has 1 aromatic carbocycles. The smallest absolute Gasteiger partial charge is 0.0407 e. The van der Waals surface area contributed by atoms with E-state index >= 15 is 0 Å². The Morgan fingerprint density at radius 1 is 1.00 bits per heavy atom. The van der Waals surface area contributed by atoms with Crippen LogP contribution in [0.5, 0.6) is 0 Å². The highest BCUT2D eigenvalue weighted by atomic mass is 35.5. The summed E-state index contributed by atoms with van der Waals surface area (Å²) in [6.07, 6.45) is 2.66. The van der Waals surface area contributed by atoms with Crippen LogP contribution in [0.1, 0.15) is 12.8 Å². The molecule has 5 heteroatoms. The molecule has 0 saturated carbocycles. The lowest BCUT2D eigenvalue weighted by Crippen LogP contribution is -2.51. The number of hydrogen-bond donors (Lipinski definition) is 1. The predicted octanol–water partition coefficient (Wildman–Crippen LogP) is 3.12. The quantitative estimate of drug-likeness (QED) is 0.856. The van der Waals surface area contributed by atoms with Gasteiger partial charge in [-0.1, -0.05) is 11.6 Å². The molecule has 2 bridgehead atoms. The van der Waals surface area contributed by atoms with Gasteiger partial charge in [0, 0.05) is 35.9 Å². The number of hydrogen-bond acceptors (Lipinski definition) is 2. The molecule has 0 aliphatic carbocycles. The Labute approximate surface area is 120 Å². The Bertz CT molecular complexity index is 343. The maximum Gasteiger partial charge on any atom is 0.0407 e. The molecule has 2 unspecified atom stereocenters. The van der Waals surface area contributed by atoms with Crippen molar-refractivity contribution < 1.29 is 0 Å². The molecule has 17 heavy (non-hydrogen) atoms. The van der Waals surface area contributed by atoms with Crippen LogP contribution in [0.3, 0.4) is 0 Å². The van der Waals surface area contributed by atoms with Crippen LogP contribution in [0.2, 0.25) is 5.02 Å². The third-order valence-corrected chi connectivity index (χ3v) is 3.66. The fourth-order valence-corrected chi connectivity index (χ4v) is 2.79. The van der Waals surface area contributed by atoms with Crippen molar-refractivity contribution in [1.82, 2.24) is 5.32 Å². The zero-order valence-electron chi connectivity index (χ0n) is 9.43. The normalized spacial score (nSPS) is 26.1. The standard InChI is InChI=1S/C12H15ClN2.2ClH/c13-9-1-5-12(6-2-9)15-7-10-3-4-11(8-15)14-10;;/h1-2,5-6,10-11,14H,3-4,7-8H2;2*1H. The second-order valence-electron chi connectivity index (χ2n) is 4.52. The van der Waals surface area contributed by atoms with Gasteiger partial charge in [-0.3, -0.25) is 0 Å². The summed E-state index contributed by atoms with van der Waals surface area (Å²) in [7, 11) is 0. The molecule has 2 fully saturated rings. The van der Waals surface area contributed by atoms with Crippen molar-refractivity contribution in [2.45, 2.75) is 24.9 Å². The molecule has 0 spiro atoms. The van der Waals surface area contributed by atoms with E-state index in [0.717, 1.165) is 18.1 Å². The summed E-state index contributed by atoms with van der Waals surface area (Å²) in [5, 5.41) is 4.45. The van der Waals surface area contributed by atoms with Crippen molar-refractivity contribution in [3.8, 4) is 0 Å². The number of anilines is 1. The molecule has 1 N–H and O–H groups in total. The van der Waals surface area contributed by atoms with E-state index in [1.54, 1.807) is 0 Å². The van der Waals surface area contributed by atoms with E-state index < -0.39 is 0 Å². The molecule has 2 atom stereocenters. The fraction of sp³-hybridized carbons (Fsp3) is 0.500. The summed E-state index contributed by atoms with van der Waals surface area (Å²) in [5.74, 6) is 0. The van der Waals surface area contributed by atoms with E-state index in [-0.39, 0.29) is 24.8 Å². The molecule has 0 amide bonds. The minimum Gasteiger partial charge on any atom is -0.368 e. The lowest BCUT2D eigenvalue weighted by Gasteiger charge is -2.34. The number of piperazine rings is 1. The first-order valence-electron chi connectivity index (χ1n) is 5.58.